The van der Waals surface area contributed by atoms with E-state index < -0.39 is 17.4 Å². The Morgan fingerprint density at radius 2 is 2.22 bits per heavy atom. The minimum Gasteiger partial charge on any atom is -0.481 e. The molecule has 0 saturated heterocycles. The van der Waals surface area contributed by atoms with E-state index in [0.717, 1.165) is 6.42 Å². The molecule has 0 atom stereocenters. The van der Waals surface area contributed by atoms with Crippen LogP contribution < -0.4 is 10.6 Å². The van der Waals surface area contributed by atoms with Crippen molar-refractivity contribution in [3.05, 3.63) is 12.2 Å². The standard InChI is InChI=1S/C10H15N5O3/c16-8(17)10(2-1-3-10)5-12-9(18)11-4-7-13-6-14-15-7/h6H,1-5H2,(H,16,17)(H2,11,12,18)(H,13,14,15). The Morgan fingerprint density at radius 1 is 1.44 bits per heavy atom. The first-order valence-electron chi connectivity index (χ1n) is 5.72. The summed E-state index contributed by atoms with van der Waals surface area (Å²) in [5.74, 6) is -0.300. The van der Waals surface area contributed by atoms with Crippen LogP contribution in [-0.4, -0.2) is 38.8 Å². The zero-order valence-electron chi connectivity index (χ0n) is 9.77. The maximum absolute atomic E-state index is 11.5. The highest BCUT2D eigenvalue weighted by Gasteiger charge is 2.44. The molecule has 4 N–H and O–H groups in total. The zero-order chi connectivity index (χ0) is 13.0. The van der Waals surface area contributed by atoms with Crippen LogP contribution >= 0.6 is 0 Å². The number of hydrogen-bond acceptors (Lipinski definition) is 4. The van der Waals surface area contributed by atoms with Crippen LogP contribution in [-0.2, 0) is 11.3 Å². The number of carbonyl (C=O) groups is 2. The number of aromatic nitrogens is 3. The molecule has 1 aliphatic carbocycles. The molecule has 2 amide bonds. The summed E-state index contributed by atoms with van der Waals surface area (Å²) >= 11 is 0. The van der Waals surface area contributed by atoms with Gasteiger partial charge in [0.1, 0.15) is 12.2 Å². The minimum absolute atomic E-state index is 0.157. The number of urea groups is 1. The van der Waals surface area contributed by atoms with Crippen molar-refractivity contribution in [2.75, 3.05) is 6.54 Å². The summed E-state index contributed by atoms with van der Waals surface area (Å²) in [5.41, 5.74) is -0.774. The molecule has 98 valence electrons. The van der Waals surface area contributed by atoms with E-state index in [1.165, 1.54) is 6.33 Å². The van der Waals surface area contributed by atoms with E-state index in [1.807, 2.05) is 0 Å². The van der Waals surface area contributed by atoms with Crippen molar-refractivity contribution < 1.29 is 14.7 Å². The van der Waals surface area contributed by atoms with E-state index >= 15 is 0 Å². The molecule has 8 nitrogen and oxygen atoms in total. The summed E-state index contributed by atoms with van der Waals surface area (Å²) in [6, 6.07) is -0.404. The predicted molar refractivity (Wildman–Crippen MR) is 60.5 cm³/mol. The van der Waals surface area contributed by atoms with E-state index in [-0.39, 0.29) is 13.1 Å². The summed E-state index contributed by atoms with van der Waals surface area (Å²) in [4.78, 5) is 26.4. The van der Waals surface area contributed by atoms with Gasteiger partial charge in [0.15, 0.2) is 0 Å². The minimum atomic E-state index is -0.843. The zero-order valence-corrected chi connectivity index (χ0v) is 9.77. The van der Waals surface area contributed by atoms with Crippen LogP contribution in [0, 0.1) is 5.41 Å². The van der Waals surface area contributed by atoms with Crippen LogP contribution in [0.1, 0.15) is 25.1 Å². The van der Waals surface area contributed by atoms with Crippen molar-refractivity contribution in [1.29, 1.82) is 0 Å². The Balaban J connectivity index is 1.73. The highest BCUT2D eigenvalue weighted by atomic mass is 16.4. The van der Waals surface area contributed by atoms with Gasteiger partial charge < -0.3 is 15.7 Å². The second-order valence-corrected chi connectivity index (χ2v) is 4.41. The van der Waals surface area contributed by atoms with E-state index in [9.17, 15) is 9.59 Å². The number of rotatable bonds is 5. The molecule has 1 aromatic heterocycles. The van der Waals surface area contributed by atoms with Gasteiger partial charge in [-0.05, 0) is 12.8 Å². The number of hydrogen-bond donors (Lipinski definition) is 4. The fourth-order valence-electron chi connectivity index (χ4n) is 1.86. The van der Waals surface area contributed by atoms with Gasteiger partial charge in [0.25, 0.3) is 0 Å². The Hall–Kier alpha value is -2.12. The van der Waals surface area contributed by atoms with Gasteiger partial charge in [-0.2, -0.15) is 5.10 Å². The molecule has 18 heavy (non-hydrogen) atoms. The van der Waals surface area contributed by atoms with E-state index in [2.05, 4.69) is 25.8 Å². The van der Waals surface area contributed by atoms with Crippen LogP contribution in [0.25, 0.3) is 0 Å². The van der Waals surface area contributed by atoms with Gasteiger partial charge in [-0.15, -0.1) is 0 Å². The van der Waals surface area contributed by atoms with Crippen LogP contribution in [0.5, 0.6) is 0 Å². The van der Waals surface area contributed by atoms with Crippen LogP contribution in [0.2, 0.25) is 0 Å². The molecule has 0 bridgehead atoms. The molecule has 1 fully saturated rings. The quantitative estimate of drug-likeness (QED) is 0.582. The van der Waals surface area contributed by atoms with Gasteiger partial charge in [0, 0.05) is 6.54 Å². The van der Waals surface area contributed by atoms with Crippen molar-refractivity contribution in [3.63, 3.8) is 0 Å². The van der Waals surface area contributed by atoms with E-state index in [1.54, 1.807) is 0 Å². The largest absolute Gasteiger partial charge is 0.481 e. The maximum Gasteiger partial charge on any atom is 0.315 e. The molecule has 0 radical (unpaired) electrons. The van der Waals surface area contributed by atoms with Crippen molar-refractivity contribution in [2.45, 2.75) is 25.8 Å². The summed E-state index contributed by atoms with van der Waals surface area (Å²) in [7, 11) is 0. The molecule has 0 spiro atoms. The third-order valence-electron chi connectivity index (χ3n) is 3.23. The molecular formula is C10H15N5O3. The number of aromatic amines is 1. The number of nitrogens with zero attached hydrogens (tertiary/aromatic N) is 2. The van der Waals surface area contributed by atoms with Crippen LogP contribution in [0.15, 0.2) is 6.33 Å². The summed E-state index contributed by atoms with van der Waals surface area (Å²) < 4.78 is 0. The van der Waals surface area contributed by atoms with Crippen molar-refractivity contribution in [2.24, 2.45) is 5.41 Å². The SMILES string of the molecule is O=C(NCc1ncn[nH]1)NCC1(C(=O)O)CCC1. The predicted octanol–water partition coefficient (Wildman–Crippen LogP) is -0.141. The van der Waals surface area contributed by atoms with Crippen molar-refractivity contribution >= 4 is 12.0 Å². The molecule has 1 aliphatic rings. The Morgan fingerprint density at radius 3 is 2.72 bits per heavy atom. The second kappa shape index (κ2) is 5.03. The maximum atomic E-state index is 11.5. The van der Waals surface area contributed by atoms with E-state index in [0.29, 0.717) is 18.7 Å². The third-order valence-corrected chi connectivity index (χ3v) is 3.23. The summed E-state index contributed by atoms with van der Waals surface area (Å²) in [6.45, 7) is 0.385. The lowest BCUT2D eigenvalue weighted by molar-refractivity contribution is -0.153. The molecule has 2 rings (SSSR count). The van der Waals surface area contributed by atoms with E-state index in [4.69, 9.17) is 5.11 Å². The molecular weight excluding hydrogens is 238 g/mol. The first-order chi connectivity index (χ1) is 8.62. The van der Waals surface area contributed by atoms with Gasteiger partial charge in [-0.25, -0.2) is 9.78 Å². The number of H-pyrrole nitrogens is 1. The molecule has 1 aromatic rings. The van der Waals surface area contributed by atoms with Crippen LogP contribution in [0.4, 0.5) is 4.79 Å². The number of amides is 2. The first-order valence-corrected chi connectivity index (χ1v) is 5.72. The van der Waals surface area contributed by atoms with Gasteiger partial charge in [0.05, 0.1) is 12.0 Å². The lowest BCUT2D eigenvalue weighted by Crippen LogP contribution is -2.49. The molecule has 1 saturated carbocycles. The smallest absolute Gasteiger partial charge is 0.315 e. The lowest BCUT2D eigenvalue weighted by Gasteiger charge is -2.37. The monoisotopic (exact) mass is 253 g/mol. The summed E-state index contributed by atoms with van der Waals surface area (Å²) in [5, 5.41) is 20.5. The second-order valence-electron chi connectivity index (χ2n) is 4.41. The molecule has 0 aliphatic heterocycles. The number of carboxylic acid groups (broad SMARTS) is 1. The van der Waals surface area contributed by atoms with Gasteiger partial charge in [-0.3, -0.25) is 9.89 Å². The van der Waals surface area contributed by atoms with Gasteiger partial charge in [-0.1, -0.05) is 6.42 Å². The molecule has 1 heterocycles. The van der Waals surface area contributed by atoms with Crippen molar-refractivity contribution in [1.82, 2.24) is 25.8 Å². The first kappa shape index (κ1) is 12.3. The van der Waals surface area contributed by atoms with Gasteiger partial charge in [0.2, 0.25) is 0 Å². The summed E-state index contributed by atoms with van der Waals surface area (Å²) in [6.07, 6.45) is 3.48. The van der Waals surface area contributed by atoms with Crippen LogP contribution in [0.3, 0.4) is 0 Å². The average Bonchev–Trinajstić information content (AvgIpc) is 2.77. The number of carbonyl (C=O) groups excluding carboxylic acids is 1. The number of aliphatic carboxylic acids is 1. The fourth-order valence-corrected chi connectivity index (χ4v) is 1.86. The van der Waals surface area contributed by atoms with Gasteiger partial charge >= 0.3 is 12.0 Å². The molecule has 0 aromatic carbocycles. The van der Waals surface area contributed by atoms with Crippen molar-refractivity contribution in [3.8, 4) is 0 Å². The fraction of sp³-hybridized carbons (Fsp3) is 0.600. The average molecular weight is 253 g/mol. The third kappa shape index (κ3) is 2.58. The normalized spacial score (nSPS) is 16.7. The number of carboxylic acids is 1. The topological polar surface area (TPSA) is 120 Å². The highest BCUT2D eigenvalue weighted by Crippen LogP contribution is 2.40. The molecule has 0 unspecified atom stereocenters. The Labute approximate surface area is 103 Å². The lowest BCUT2D eigenvalue weighted by atomic mass is 9.69. The number of nitrogens with one attached hydrogen (secondary N) is 3. The molecule has 8 heteroatoms. The Kier molecular flexibility index (Phi) is 3.45. The highest BCUT2D eigenvalue weighted by molar-refractivity contribution is 5.78. The Bertz CT molecular complexity index is 427.